The van der Waals surface area contributed by atoms with E-state index >= 15 is 0 Å². The smallest absolute Gasteiger partial charge is 0.238 e. The van der Waals surface area contributed by atoms with Crippen LogP contribution in [0.1, 0.15) is 35.1 Å². The number of rotatable bonds is 5. The zero-order valence-corrected chi connectivity index (χ0v) is 17.8. The molecule has 2 N–H and O–H groups in total. The van der Waals surface area contributed by atoms with Gasteiger partial charge in [-0.25, -0.2) is 0 Å². The van der Waals surface area contributed by atoms with Crippen LogP contribution in [0.15, 0.2) is 36.4 Å². The van der Waals surface area contributed by atoms with Gasteiger partial charge in [0.25, 0.3) is 0 Å². The molecule has 2 aromatic rings. The fourth-order valence-corrected chi connectivity index (χ4v) is 3.99. The van der Waals surface area contributed by atoms with Gasteiger partial charge in [-0.15, -0.1) is 0 Å². The predicted octanol–water partition coefficient (Wildman–Crippen LogP) is 4.21. The number of carbonyl (C=O) groups excluding carboxylic acids is 2. The Kier molecular flexibility index (Phi) is 6.70. The summed E-state index contributed by atoms with van der Waals surface area (Å²) in [5.41, 5.74) is 6.27. The van der Waals surface area contributed by atoms with Crippen molar-refractivity contribution in [2.45, 2.75) is 40.5 Å². The number of likely N-dealkylation sites (tertiary alicyclic amines) is 1. The summed E-state index contributed by atoms with van der Waals surface area (Å²) >= 11 is 0. The molecule has 3 rings (SSSR count). The summed E-state index contributed by atoms with van der Waals surface area (Å²) < 4.78 is 0. The summed E-state index contributed by atoms with van der Waals surface area (Å²) in [7, 11) is 0. The van der Waals surface area contributed by atoms with Gasteiger partial charge in [0.15, 0.2) is 0 Å². The lowest BCUT2D eigenvalue weighted by Gasteiger charge is -2.30. The Labute approximate surface area is 173 Å². The first-order chi connectivity index (χ1) is 13.8. The third kappa shape index (κ3) is 5.91. The Morgan fingerprint density at radius 1 is 0.897 bits per heavy atom. The SMILES string of the molecule is Cc1cc(C)cc(NC(=O)C2CCN(CC(=O)Nc3ccc(C)cc3C)CC2)c1. The summed E-state index contributed by atoms with van der Waals surface area (Å²) in [5, 5.41) is 6.06. The van der Waals surface area contributed by atoms with E-state index in [1.165, 1.54) is 5.56 Å². The second-order valence-corrected chi connectivity index (χ2v) is 8.28. The van der Waals surface area contributed by atoms with E-state index in [4.69, 9.17) is 0 Å². The van der Waals surface area contributed by atoms with Gasteiger partial charge in [0.1, 0.15) is 0 Å². The number of carbonyl (C=O) groups is 2. The molecule has 1 aliphatic rings. The molecule has 1 heterocycles. The molecule has 0 atom stereocenters. The molecule has 0 spiro atoms. The zero-order valence-electron chi connectivity index (χ0n) is 17.8. The number of nitrogens with zero attached hydrogens (tertiary/aromatic N) is 1. The maximum Gasteiger partial charge on any atom is 0.238 e. The number of anilines is 2. The Morgan fingerprint density at radius 2 is 1.55 bits per heavy atom. The van der Waals surface area contributed by atoms with Crippen LogP contribution in [0.3, 0.4) is 0 Å². The van der Waals surface area contributed by atoms with Gasteiger partial charge in [-0.2, -0.15) is 0 Å². The number of hydrogen-bond acceptors (Lipinski definition) is 3. The second-order valence-electron chi connectivity index (χ2n) is 8.28. The second kappa shape index (κ2) is 9.23. The molecule has 2 aromatic carbocycles. The van der Waals surface area contributed by atoms with E-state index < -0.39 is 0 Å². The molecule has 0 aliphatic carbocycles. The first kappa shape index (κ1) is 21.1. The van der Waals surface area contributed by atoms with Crippen LogP contribution in [-0.4, -0.2) is 36.3 Å². The molecule has 0 bridgehead atoms. The highest BCUT2D eigenvalue weighted by Crippen LogP contribution is 2.21. The molecular weight excluding hydrogens is 362 g/mol. The molecule has 0 radical (unpaired) electrons. The van der Waals surface area contributed by atoms with Crippen LogP contribution in [0.4, 0.5) is 11.4 Å². The van der Waals surface area contributed by atoms with Gasteiger partial charge in [0.05, 0.1) is 6.54 Å². The molecule has 0 aromatic heterocycles. The average Bonchev–Trinajstić information content (AvgIpc) is 2.63. The number of benzene rings is 2. The van der Waals surface area contributed by atoms with Gasteiger partial charge < -0.3 is 10.6 Å². The lowest BCUT2D eigenvalue weighted by atomic mass is 9.95. The number of aryl methyl sites for hydroxylation is 4. The molecule has 29 heavy (non-hydrogen) atoms. The fourth-order valence-electron chi connectivity index (χ4n) is 3.99. The van der Waals surface area contributed by atoms with Gasteiger partial charge in [0, 0.05) is 17.3 Å². The van der Waals surface area contributed by atoms with Crippen molar-refractivity contribution in [3.63, 3.8) is 0 Å². The van der Waals surface area contributed by atoms with E-state index in [2.05, 4.69) is 27.7 Å². The van der Waals surface area contributed by atoms with Crippen molar-refractivity contribution >= 4 is 23.2 Å². The van der Waals surface area contributed by atoms with Crippen LogP contribution in [-0.2, 0) is 9.59 Å². The Bertz CT molecular complexity index is 879. The summed E-state index contributed by atoms with van der Waals surface area (Å²) in [6, 6.07) is 12.1. The van der Waals surface area contributed by atoms with Crippen LogP contribution in [0.5, 0.6) is 0 Å². The number of amides is 2. The van der Waals surface area contributed by atoms with Gasteiger partial charge >= 0.3 is 0 Å². The maximum absolute atomic E-state index is 12.6. The molecule has 2 amide bonds. The molecule has 5 heteroatoms. The molecule has 154 valence electrons. The maximum atomic E-state index is 12.6. The van der Waals surface area contributed by atoms with Crippen molar-refractivity contribution < 1.29 is 9.59 Å². The van der Waals surface area contributed by atoms with E-state index in [0.29, 0.717) is 6.54 Å². The van der Waals surface area contributed by atoms with Crippen LogP contribution >= 0.6 is 0 Å². The van der Waals surface area contributed by atoms with Crippen molar-refractivity contribution in [1.29, 1.82) is 0 Å². The molecular formula is C24H31N3O2. The largest absolute Gasteiger partial charge is 0.326 e. The lowest BCUT2D eigenvalue weighted by Crippen LogP contribution is -2.41. The molecule has 1 aliphatic heterocycles. The average molecular weight is 394 g/mol. The Hall–Kier alpha value is -2.66. The highest BCUT2D eigenvalue weighted by Gasteiger charge is 2.26. The van der Waals surface area contributed by atoms with Crippen LogP contribution in [0.2, 0.25) is 0 Å². The summed E-state index contributed by atoms with van der Waals surface area (Å²) in [4.78, 5) is 27.1. The molecule has 5 nitrogen and oxygen atoms in total. The fraction of sp³-hybridized carbons (Fsp3) is 0.417. The van der Waals surface area contributed by atoms with Crippen molar-refractivity contribution in [3.05, 3.63) is 58.7 Å². The Morgan fingerprint density at radius 3 is 2.17 bits per heavy atom. The third-order valence-electron chi connectivity index (χ3n) is 5.47. The molecule has 1 fully saturated rings. The van der Waals surface area contributed by atoms with Crippen molar-refractivity contribution in [3.8, 4) is 0 Å². The zero-order chi connectivity index (χ0) is 21.0. The van der Waals surface area contributed by atoms with Crippen LogP contribution in [0.25, 0.3) is 0 Å². The van der Waals surface area contributed by atoms with Gasteiger partial charge in [0.2, 0.25) is 11.8 Å². The van der Waals surface area contributed by atoms with Crippen molar-refractivity contribution in [2.75, 3.05) is 30.3 Å². The minimum absolute atomic E-state index is 0.00455. The topological polar surface area (TPSA) is 61.4 Å². The van der Waals surface area contributed by atoms with E-state index in [-0.39, 0.29) is 17.7 Å². The molecule has 0 unspecified atom stereocenters. The van der Waals surface area contributed by atoms with Crippen LogP contribution < -0.4 is 10.6 Å². The highest BCUT2D eigenvalue weighted by molar-refractivity contribution is 5.94. The lowest BCUT2D eigenvalue weighted by molar-refractivity contribution is -0.121. The van der Waals surface area contributed by atoms with Gasteiger partial charge in [-0.1, -0.05) is 23.8 Å². The van der Waals surface area contributed by atoms with E-state index in [1.54, 1.807) is 0 Å². The summed E-state index contributed by atoms with van der Waals surface area (Å²) in [6.45, 7) is 9.98. The predicted molar refractivity (Wildman–Crippen MR) is 118 cm³/mol. The standard InChI is InChI=1S/C24H31N3O2/c1-16-5-6-22(19(4)12-16)26-23(28)15-27-9-7-20(8-10-27)24(29)25-21-13-17(2)11-18(3)14-21/h5-6,11-14,20H,7-10,15H2,1-4H3,(H,25,29)(H,26,28). The normalized spacial score (nSPS) is 15.2. The summed E-state index contributed by atoms with van der Waals surface area (Å²) in [6.07, 6.45) is 1.54. The van der Waals surface area contributed by atoms with E-state index in [0.717, 1.165) is 54.0 Å². The quantitative estimate of drug-likeness (QED) is 0.800. The molecule has 0 saturated carbocycles. The summed E-state index contributed by atoms with van der Waals surface area (Å²) in [5.74, 6) is 0.0685. The number of nitrogens with one attached hydrogen (secondary N) is 2. The van der Waals surface area contributed by atoms with Crippen molar-refractivity contribution in [2.24, 2.45) is 5.92 Å². The Balaban J connectivity index is 1.47. The number of hydrogen-bond donors (Lipinski definition) is 2. The first-order valence-corrected chi connectivity index (χ1v) is 10.3. The van der Waals surface area contributed by atoms with Gasteiger partial charge in [-0.05, 0) is 88.5 Å². The third-order valence-corrected chi connectivity index (χ3v) is 5.47. The van der Waals surface area contributed by atoms with Gasteiger partial charge in [-0.3, -0.25) is 14.5 Å². The molecule has 1 saturated heterocycles. The van der Waals surface area contributed by atoms with Crippen LogP contribution in [0, 0.1) is 33.6 Å². The van der Waals surface area contributed by atoms with Crippen molar-refractivity contribution in [1.82, 2.24) is 4.90 Å². The highest BCUT2D eigenvalue weighted by atomic mass is 16.2. The monoisotopic (exact) mass is 393 g/mol. The first-order valence-electron chi connectivity index (χ1n) is 10.3. The minimum atomic E-state index is -0.00512. The minimum Gasteiger partial charge on any atom is -0.326 e. The van der Waals surface area contributed by atoms with E-state index in [9.17, 15) is 9.59 Å². The number of piperidine rings is 1. The van der Waals surface area contributed by atoms with E-state index in [1.807, 2.05) is 52.0 Å².